The van der Waals surface area contributed by atoms with Crippen LogP contribution in [0.15, 0.2) is 17.5 Å². The Hall–Kier alpha value is -0.870. The van der Waals surface area contributed by atoms with Crippen molar-refractivity contribution in [3.8, 4) is 0 Å². The molecule has 98 valence electrons. The van der Waals surface area contributed by atoms with Crippen LogP contribution in [0.2, 0.25) is 0 Å². The Kier molecular flexibility index (Phi) is 3.39. The van der Waals surface area contributed by atoms with Crippen LogP contribution in [0.5, 0.6) is 0 Å². The largest absolute Gasteiger partial charge is 0.381 e. The zero-order chi connectivity index (χ0) is 12.4. The highest BCUT2D eigenvalue weighted by Crippen LogP contribution is 2.41. The Bertz CT molecular complexity index is 403. The van der Waals surface area contributed by atoms with Gasteiger partial charge in [-0.2, -0.15) is 0 Å². The van der Waals surface area contributed by atoms with E-state index in [0.29, 0.717) is 6.61 Å². The number of carbonyl (C=O) groups excluding carboxylic acids is 1. The summed E-state index contributed by atoms with van der Waals surface area (Å²) in [4.78, 5) is 13.6. The molecule has 1 aromatic heterocycles. The van der Waals surface area contributed by atoms with E-state index in [4.69, 9.17) is 4.74 Å². The third-order valence-electron chi connectivity index (χ3n) is 4.11. The zero-order valence-corrected chi connectivity index (χ0v) is 11.3. The maximum absolute atomic E-state index is 12.3. The van der Waals surface area contributed by atoms with Crippen molar-refractivity contribution >= 4 is 17.2 Å². The highest BCUT2D eigenvalue weighted by molar-refractivity contribution is 7.10. The molecule has 1 saturated heterocycles. The molecule has 0 radical (unpaired) electrons. The van der Waals surface area contributed by atoms with Gasteiger partial charge in [0.1, 0.15) is 0 Å². The van der Waals surface area contributed by atoms with Crippen LogP contribution >= 0.6 is 11.3 Å². The van der Waals surface area contributed by atoms with Gasteiger partial charge in [0, 0.05) is 11.5 Å². The first kappa shape index (κ1) is 12.2. The van der Waals surface area contributed by atoms with Crippen molar-refractivity contribution in [2.24, 2.45) is 5.92 Å². The lowest BCUT2D eigenvalue weighted by atomic mass is 9.94. The number of carbonyl (C=O) groups is 1. The van der Waals surface area contributed by atoms with Crippen molar-refractivity contribution in [1.29, 1.82) is 0 Å². The minimum atomic E-state index is -0.0894. The molecule has 18 heavy (non-hydrogen) atoms. The van der Waals surface area contributed by atoms with Crippen LogP contribution in [0.3, 0.4) is 0 Å². The lowest BCUT2D eigenvalue weighted by molar-refractivity contribution is -0.127. The molecule has 1 N–H and O–H groups in total. The number of ether oxygens (including phenoxy) is 1. The standard InChI is InChI=1S/C14H19NO2S/c16-13(11-5-8-17-10-11)15-14(6-1-2-7-14)12-4-3-9-18-12/h3-4,9,11H,1-2,5-8,10H2,(H,15,16). The molecule has 1 aliphatic carbocycles. The fourth-order valence-electron chi connectivity index (χ4n) is 3.04. The summed E-state index contributed by atoms with van der Waals surface area (Å²) in [6.45, 7) is 1.32. The molecule has 3 nitrogen and oxygen atoms in total. The molecule has 0 bridgehead atoms. The predicted molar refractivity (Wildman–Crippen MR) is 71.5 cm³/mol. The van der Waals surface area contributed by atoms with Gasteiger partial charge in [0.25, 0.3) is 0 Å². The first-order valence-electron chi connectivity index (χ1n) is 6.74. The molecule has 1 unspecified atom stereocenters. The second-order valence-electron chi connectivity index (χ2n) is 5.32. The molecular weight excluding hydrogens is 246 g/mol. The van der Waals surface area contributed by atoms with Gasteiger partial charge >= 0.3 is 0 Å². The highest BCUT2D eigenvalue weighted by Gasteiger charge is 2.39. The van der Waals surface area contributed by atoms with Crippen molar-refractivity contribution in [3.63, 3.8) is 0 Å². The van der Waals surface area contributed by atoms with E-state index in [9.17, 15) is 4.79 Å². The molecule has 2 fully saturated rings. The van der Waals surface area contributed by atoms with Gasteiger partial charge in [0.15, 0.2) is 0 Å². The van der Waals surface area contributed by atoms with E-state index >= 15 is 0 Å². The Morgan fingerprint density at radius 3 is 2.89 bits per heavy atom. The van der Waals surface area contributed by atoms with E-state index in [1.165, 1.54) is 17.7 Å². The number of amides is 1. The number of rotatable bonds is 3. The smallest absolute Gasteiger partial charge is 0.226 e. The summed E-state index contributed by atoms with van der Waals surface area (Å²) in [6, 6.07) is 4.23. The number of hydrogen-bond acceptors (Lipinski definition) is 3. The molecule has 1 aliphatic heterocycles. The number of nitrogens with one attached hydrogen (secondary N) is 1. The molecule has 4 heteroatoms. The molecule has 2 heterocycles. The van der Waals surface area contributed by atoms with Gasteiger partial charge in [0.05, 0.1) is 18.1 Å². The zero-order valence-electron chi connectivity index (χ0n) is 10.5. The summed E-state index contributed by atoms with van der Waals surface area (Å²) in [5.41, 5.74) is -0.0894. The first-order valence-corrected chi connectivity index (χ1v) is 7.62. The van der Waals surface area contributed by atoms with E-state index in [2.05, 4.69) is 22.8 Å². The van der Waals surface area contributed by atoms with E-state index in [1.54, 1.807) is 11.3 Å². The Morgan fingerprint density at radius 1 is 1.44 bits per heavy atom. The van der Waals surface area contributed by atoms with Crippen LogP contribution in [0.25, 0.3) is 0 Å². The van der Waals surface area contributed by atoms with Crippen molar-refractivity contribution in [2.45, 2.75) is 37.6 Å². The van der Waals surface area contributed by atoms with Gasteiger partial charge in [-0.1, -0.05) is 18.9 Å². The van der Waals surface area contributed by atoms with Crippen molar-refractivity contribution in [3.05, 3.63) is 22.4 Å². The van der Waals surface area contributed by atoms with Crippen LogP contribution in [-0.4, -0.2) is 19.1 Å². The van der Waals surface area contributed by atoms with Gasteiger partial charge < -0.3 is 10.1 Å². The van der Waals surface area contributed by atoms with Crippen LogP contribution < -0.4 is 5.32 Å². The van der Waals surface area contributed by atoms with Crippen molar-refractivity contribution in [1.82, 2.24) is 5.32 Å². The molecule has 0 aromatic carbocycles. The quantitative estimate of drug-likeness (QED) is 0.912. The molecule has 0 spiro atoms. The molecule has 1 amide bonds. The van der Waals surface area contributed by atoms with E-state index < -0.39 is 0 Å². The summed E-state index contributed by atoms with van der Waals surface area (Å²) < 4.78 is 5.31. The molecule has 1 atom stereocenters. The van der Waals surface area contributed by atoms with Crippen LogP contribution in [0, 0.1) is 5.92 Å². The van der Waals surface area contributed by atoms with Crippen LogP contribution in [0.1, 0.15) is 37.0 Å². The lowest BCUT2D eigenvalue weighted by Gasteiger charge is -2.30. The third-order valence-corrected chi connectivity index (χ3v) is 5.19. The van der Waals surface area contributed by atoms with Gasteiger partial charge in [-0.05, 0) is 30.7 Å². The molecule has 3 rings (SSSR count). The fraction of sp³-hybridized carbons (Fsp3) is 0.643. The summed E-state index contributed by atoms with van der Waals surface area (Å²) in [5, 5.41) is 5.43. The molecule has 1 saturated carbocycles. The first-order chi connectivity index (χ1) is 8.80. The van der Waals surface area contributed by atoms with E-state index in [0.717, 1.165) is 25.9 Å². The second-order valence-corrected chi connectivity index (χ2v) is 6.26. The number of hydrogen-bond donors (Lipinski definition) is 1. The van der Waals surface area contributed by atoms with Gasteiger partial charge in [-0.25, -0.2) is 0 Å². The van der Waals surface area contributed by atoms with Crippen LogP contribution in [-0.2, 0) is 15.1 Å². The Morgan fingerprint density at radius 2 is 2.28 bits per heavy atom. The summed E-state index contributed by atoms with van der Waals surface area (Å²) >= 11 is 1.76. The summed E-state index contributed by atoms with van der Waals surface area (Å²) in [6.07, 6.45) is 5.44. The molecular formula is C14H19NO2S. The van der Waals surface area contributed by atoms with E-state index in [-0.39, 0.29) is 17.4 Å². The Labute approximate surface area is 112 Å². The third kappa shape index (κ3) is 2.19. The lowest BCUT2D eigenvalue weighted by Crippen LogP contribution is -2.46. The van der Waals surface area contributed by atoms with Gasteiger partial charge in [-0.15, -0.1) is 11.3 Å². The fourth-order valence-corrected chi connectivity index (χ4v) is 3.98. The summed E-state index contributed by atoms with van der Waals surface area (Å²) in [7, 11) is 0. The van der Waals surface area contributed by atoms with Gasteiger partial charge in [-0.3, -0.25) is 4.79 Å². The maximum atomic E-state index is 12.3. The second kappa shape index (κ2) is 5.02. The minimum absolute atomic E-state index is 0.0578. The topological polar surface area (TPSA) is 38.3 Å². The van der Waals surface area contributed by atoms with Crippen molar-refractivity contribution < 1.29 is 9.53 Å². The van der Waals surface area contributed by atoms with Gasteiger partial charge in [0.2, 0.25) is 5.91 Å². The monoisotopic (exact) mass is 265 g/mol. The minimum Gasteiger partial charge on any atom is -0.381 e. The molecule has 1 aromatic rings. The molecule has 2 aliphatic rings. The average molecular weight is 265 g/mol. The normalized spacial score (nSPS) is 26.3. The highest BCUT2D eigenvalue weighted by atomic mass is 32.1. The van der Waals surface area contributed by atoms with Crippen LogP contribution in [0.4, 0.5) is 0 Å². The summed E-state index contributed by atoms with van der Waals surface area (Å²) in [5.74, 6) is 0.241. The maximum Gasteiger partial charge on any atom is 0.226 e. The average Bonchev–Trinajstić information content (AvgIpc) is 3.12. The SMILES string of the molecule is O=C(NC1(c2cccs2)CCCC1)C1CCOC1. The predicted octanol–water partition coefficient (Wildman–Crippen LogP) is 2.67. The van der Waals surface area contributed by atoms with E-state index in [1.807, 2.05) is 0 Å². The van der Waals surface area contributed by atoms with Crippen molar-refractivity contribution in [2.75, 3.05) is 13.2 Å². The number of thiophene rings is 1. The Balaban J connectivity index is 1.76.